The highest BCUT2D eigenvalue weighted by atomic mass is 16.5. The van der Waals surface area contributed by atoms with Gasteiger partial charge in [0, 0.05) is 56.3 Å². The van der Waals surface area contributed by atoms with Gasteiger partial charge in [0.05, 0.1) is 12.6 Å². The quantitative estimate of drug-likeness (QED) is 0.671. The van der Waals surface area contributed by atoms with Gasteiger partial charge in [-0.05, 0) is 12.5 Å². The standard InChI is InChI=1S/C19H28N4O2/c1-19(2)16(14-8-11-24-17(14)19)22-18(20-3)23-10-7-13(12-23)25-15-6-4-5-9-21-15/h4-6,9,13-14,16-17H,7-8,10-12H2,1-3H3,(H,20,22). The van der Waals surface area contributed by atoms with Crippen molar-refractivity contribution in [2.45, 2.75) is 44.9 Å². The molecule has 1 saturated carbocycles. The van der Waals surface area contributed by atoms with Gasteiger partial charge in [-0.15, -0.1) is 0 Å². The zero-order valence-electron chi connectivity index (χ0n) is 15.3. The van der Waals surface area contributed by atoms with E-state index in [1.165, 1.54) is 0 Å². The van der Waals surface area contributed by atoms with Crippen LogP contribution in [-0.4, -0.2) is 60.8 Å². The summed E-state index contributed by atoms with van der Waals surface area (Å²) >= 11 is 0. The zero-order chi connectivity index (χ0) is 17.4. The van der Waals surface area contributed by atoms with E-state index in [0.717, 1.165) is 38.5 Å². The summed E-state index contributed by atoms with van der Waals surface area (Å²) in [7, 11) is 1.86. The average Bonchev–Trinajstić information content (AvgIpc) is 3.25. The molecule has 1 aromatic heterocycles. The zero-order valence-corrected chi connectivity index (χ0v) is 15.3. The molecule has 4 rings (SSSR count). The van der Waals surface area contributed by atoms with Gasteiger partial charge in [-0.2, -0.15) is 0 Å². The summed E-state index contributed by atoms with van der Waals surface area (Å²) in [6, 6.07) is 6.19. The number of rotatable bonds is 3. The van der Waals surface area contributed by atoms with E-state index in [4.69, 9.17) is 9.47 Å². The van der Waals surface area contributed by atoms with Crippen molar-refractivity contribution in [2.24, 2.45) is 16.3 Å². The maximum absolute atomic E-state index is 6.00. The van der Waals surface area contributed by atoms with Crippen LogP contribution in [0, 0.1) is 11.3 Å². The Balaban J connectivity index is 1.36. The summed E-state index contributed by atoms with van der Waals surface area (Å²) in [5.74, 6) is 2.29. The first kappa shape index (κ1) is 16.6. The molecule has 1 N–H and O–H groups in total. The predicted octanol–water partition coefficient (Wildman–Crippen LogP) is 1.92. The molecule has 25 heavy (non-hydrogen) atoms. The number of aromatic nitrogens is 1. The molecule has 0 spiro atoms. The van der Waals surface area contributed by atoms with Crippen molar-refractivity contribution in [3.05, 3.63) is 24.4 Å². The Morgan fingerprint density at radius 2 is 2.28 bits per heavy atom. The van der Waals surface area contributed by atoms with Crippen LogP contribution in [0.15, 0.2) is 29.4 Å². The van der Waals surface area contributed by atoms with E-state index >= 15 is 0 Å². The SMILES string of the molecule is CN=C(NC1C2CCOC2C1(C)C)N1CCC(Oc2ccccn2)C1. The molecule has 2 saturated heterocycles. The first-order chi connectivity index (χ1) is 12.1. The fraction of sp³-hybridized carbons (Fsp3) is 0.684. The van der Waals surface area contributed by atoms with Crippen LogP contribution in [0.3, 0.4) is 0 Å². The lowest BCUT2D eigenvalue weighted by atomic mass is 9.57. The minimum atomic E-state index is 0.153. The van der Waals surface area contributed by atoms with E-state index in [0.29, 0.717) is 23.9 Å². The maximum Gasteiger partial charge on any atom is 0.213 e. The van der Waals surface area contributed by atoms with Crippen molar-refractivity contribution in [3.63, 3.8) is 0 Å². The van der Waals surface area contributed by atoms with Crippen LogP contribution < -0.4 is 10.1 Å². The molecule has 1 aliphatic carbocycles. The molecular weight excluding hydrogens is 316 g/mol. The summed E-state index contributed by atoms with van der Waals surface area (Å²) in [6.07, 6.45) is 4.45. The Morgan fingerprint density at radius 3 is 3.04 bits per heavy atom. The number of guanidine groups is 1. The third-order valence-electron chi connectivity index (χ3n) is 5.97. The van der Waals surface area contributed by atoms with E-state index in [1.807, 2.05) is 25.2 Å². The number of pyridine rings is 1. The van der Waals surface area contributed by atoms with Gasteiger partial charge in [0.1, 0.15) is 6.10 Å². The molecule has 4 atom stereocenters. The van der Waals surface area contributed by atoms with Crippen LogP contribution in [-0.2, 0) is 4.74 Å². The number of aliphatic imine (C=N–C) groups is 1. The Morgan fingerprint density at radius 1 is 1.40 bits per heavy atom. The van der Waals surface area contributed by atoms with Crippen LogP contribution in [0.2, 0.25) is 0 Å². The molecule has 6 heteroatoms. The molecule has 6 nitrogen and oxygen atoms in total. The van der Waals surface area contributed by atoms with E-state index < -0.39 is 0 Å². The molecule has 3 aliphatic rings. The van der Waals surface area contributed by atoms with Crippen molar-refractivity contribution in [2.75, 3.05) is 26.7 Å². The minimum absolute atomic E-state index is 0.153. The van der Waals surface area contributed by atoms with Gasteiger partial charge < -0.3 is 19.7 Å². The molecule has 1 aromatic rings. The van der Waals surface area contributed by atoms with E-state index in [9.17, 15) is 0 Å². The number of ether oxygens (including phenoxy) is 2. The second kappa shape index (κ2) is 6.48. The largest absolute Gasteiger partial charge is 0.472 e. The van der Waals surface area contributed by atoms with Crippen LogP contribution in [0.1, 0.15) is 26.7 Å². The monoisotopic (exact) mass is 344 g/mol. The average molecular weight is 344 g/mol. The van der Waals surface area contributed by atoms with Crippen molar-refractivity contribution >= 4 is 5.96 Å². The smallest absolute Gasteiger partial charge is 0.213 e. The van der Waals surface area contributed by atoms with Crippen LogP contribution >= 0.6 is 0 Å². The molecule has 0 radical (unpaired) electrons. The lowest BCUT2D eigenvalue weighted by molar-refractivity contribution is -0.107. The molecule has 3 fully saturated rings. The minimum Gasteiger partial charge on any atom is -0.472 e. The molecule has 3 heterocycles. The molecule has 136 valence electrons. The Labute approximate surface area is 149 Å². The van der Waals surface area contributed by atoms with Crippen LogP contribution in [0.25, 0.3) is 0 Å². The van der Waals surface area contributed by atoms with Crippen molar-refractivity contribution in [1.82, 2.24) is 15.2 Å². The third kappa shape index (κ3) is 2.97. The normalized spacial score (nSPS) is 33.7. The van der Waals surface area contributed by atoms with Gasteiger partial charge >= 0.3 is 0 Å². The van der Waals surface area contributed by atoms with Gasteiger partial charge in [0.2, 0.25) is 5.88 Å². The predicted molar refractivity (Wildman–Crippen MR) is 96.8 cm³/mol. The Hall–Kier alpha value is -1.82. The number of hydrogen-bond acceptors (Lipinski definition) is 4. The van der Waals surface area contributed by atoms with Crippen LogP contribution in [0.5, 0.6) is 5.88 Å². The number of nitrogens with zero attached hydrogens (tertiary/aromatic N) is 3. The third-order valence-corrected chi connectivity index (χ3v) is 5.97. The van der Waals surface area contributed by atoms with Crippen molar-refractivity contribution in [1.29, 1.82) is 0 Å². The lowest BCUT2D eigenvalue weighted by Gasteiger charge is -2.55. The molecule has 0 aromatic carbocycles. The fourth-order valence-electron chi connectivity index (χ4n) is 4.66. The van der Waals surface area contributed by atoms with Crippen molar-refractivity contribution in [3.8, 4) is 5.88 Å². The fourth-order valence-corrected chi connectivity index (χ4v) is 4.66. The highest BCUT2D eigenvalue weighted by Crippen LogP contribution is 2.52. The topological polar surface area (TPSA) is 59.0 Å². The van der Waals surface area contributed by atoms with Gasteiger partial charge in [-0.3, -0.25) is 4.99 Å². The summed E-state index contributed by atoms with van der Waals surface area (Å²) in [6.45, 7) is 7.27. The molecular formula is C19H28N4O2. The molecule has 2 aliphatic heterocycles. The number of likely N-dealkylation sites (tertiary alicyclic amines) is 1. The molecule has 0 bridgehead atoms. The molecule has 4 unspecified atom stereocenters. The van der Waals surface area contributed by atoms with Gasteiger partial charge in [0.25, 0.3) is 0 Å². The first-order valence-corrected chi connectivity index (χ1v) is 9.27. The number of hydrogen-bond donors (Lipinski definition) is 1. The summed E-state index contributed by atoms with van der Waals surface area (Å²) in [5, 5.41) is 3.72. The van der Waals surface area contributed by atoms with E-state index in [1.54, 1.807) is 6.20 Å². The second-order valence-electron chi connectivity index (χ2n) is 7.88. The number of fused-ring (bicyclic) bond motifs is 1. The number of nitrogens with one attached hydrogen (secondary N) is 1. The highest BCUT2D eigenvalue weighted by molar-refractivity contribution is 5.80. The van der Waals surface area contributed by atoms with E-state index in [-0.39, 0.29) is 11.5 Å². The molecule has 0 amide bonds. The highest BCUT2D eigenvalue weighted by Gasteiger charge is 2.59. The lowest BCUT2D eigenvalue weighted by Crippen LogP contribution is -2.68. The summed E-state index contributed by atoms with van der Waals surface area (Å²) in [4.78, 5) is 11.1. The summed E-state index contributed by atoms with van der Waals surface area (Å²) in [5.41, 5.74) is 0.153. The van der Waals surface area contributed by atoms with Crippen LogP contribution in [0.4, 0.5) is 0 Å². The van der Waals surface area contributed by atoms with Crippen molar-refractivity contribution < 1.29 is 9.47 Å². The van der Waals surface area contributed by atoms with E-state index in [2.05, 4.69) is 34.0 Å². The first-order valence-electron chi connectivity index (χ1n) is 9.27. The Bertz CT molecular complexity index is 634. The maximum atomic E-state index is 6.00. The summed E-state index contributed by atoms with van der Waals surface area (Å²) < 4.78 is 11.9. The van der Waals surface area contributed by atoms with Gasteiger partial charge in [-0.1, -0.05) is 19.9 Å². The Kier molecular flexibility index (Phi) is 4.31. The van der Waals surface area contributed by atoms with Gasteiger partial charge in [-0.25, -0.2) is 4.98 Å². The van der Waals surface area contributed by atoms with Gasteiger partial charge in [0.15, 0.2) is 5.96 Å². The second-order valence-corrected chi connectivity index (χ2v) is 7.88.